The molecule has 0 aromatic carbocycles. The molecule has 0 radical (unpaired) electrons. The fraction of sp³-hybridized carbons (Fsp3) is 1.00. The van der Waals surface area contributed by atoms with Crippen molar-refractivity contribution in [2.75, 3.05) is 13.7 Å². The highest BCUT2D eigenvalue weighted by atomic mass is 16.5. The van der Waals surface area contributed by atoms with Gasteiger partial charge in [-0.1, -0.05) is 32.6 Å². The molecule has 1 rings (SSSR count). The summed E-state index contributed by atoms with van der Waals surface area (Å²) in [5, 5.41) is 3.53. The van der Waals surface area contributed by atoms with Crippen LogP contribution in [0, 0.1) is 0 Å². The number of hydrogen-bond acceptors (Lipinski definition) is 2. The molecular weight excluding hydrogens is 162 g/mol. The van der Waals surface area contributed by atoms with Crippen LogP contribution >= 0.6 is 0 Å². The van der Waals surface area contributed by atoms with Gasteiger partial charge in [-0.15, -0.1) is 0 Å². The molecular formula is C11H23NO. The van der Waals surface area contributed by atoms with Gasteiger partial charge in [-0.3, -0.25) is 0 Å². The Morgan fingerprint density at radius 3 is 2.46 bits per heavy atom. The SMILES string of the molecule is CCNC1CCCCCCC1OC. The van der Waals surface area contributed by atoms with Crippen molar-refractivity contribution < 1.29 is 4.74 Å². The highest BCUT2D eigenvalue weighted by molar-refractivity contribution is 4.78. The molecule has 0 heterocycles. The lowest BCUT2D eigenvalue weighted by Gasteiger charge is -2.28. The fourth-order valence-corrected chi connectivity index (χ4v) is 2.23. The molecule has 1 aliphatic carbocycles. The maximum atomic E-state index is 5.53. The molecule has 2 unspecified atom stereocenters. The molecule has 1 fully saturated rings. The zero-order chi connectivity index (χ0) is 9.52. The van der Waals surface area contributed by atoms with Crippen LogP contribution < -0.4 is 5.32 Å². The predicted molar refractivity (Wildman–Crippen MR) is 56.0 cm³/mol. The lowest BCUT2D eigenvalue weighted by atomic mass is 9.94. The van der Waals surface area contributed by atoms with Crippen LogP contribution in [0.5, 0.6) is 0 Å². The molecule has 1 aliphatic rings. The molecule has 13 heavy (non-hydrogen) atoms. The summed E-state index contributed by atoms with van der Waals surface area (Å²) in [6.07, 6.45) is 8.44. The Labute approximate surface area is 82.0 Å². The average Bonchev–Trinajstić information content (AvgIpc) is 2.10. The summed E-state index contributed by atoms with van der Waals surface area (Å²) in [7, 11) is 1.84. The number of methoxy groups -OCH3 is 1. The first kappa shape index (κ1) is 11.0. The van der Waals surface area contributed by atoms with Crippen molar-refractivity contribution in [1.82, 2.24) is 5.32 Å². The molecule has 0 bridgehead atoms. The topological polar surface area (TPSA) is 21.3 Å². The first-order valence-electron chi connectivity index (χ1n) is 5.64. The molecule has 0 aliphatic heterocycles. The van der Waals surface area contributed by atoms with Gasteiger partial charge in [-0.05, 0) is 19.4 Å². The lowest BCUT2D eigenvalue weighted by Crippen LogP contribution is -2.41. The number of hydrogen-bond donors (Lipinski definition) is 1. The Morgan fingerprint density at radius 2 is 1.85 bits per heavy atom. The fourth-order valence-electron chi connectivity index (χ4n) is 2.23. The number of ether oxygens (including phenoxy) is 1. The standard InChI is InChI=1S/C11H23NO/c1-3-12-10-8-6-4-5-7-9-11(10)13-2/h10-12H,3-9H2,1-2H3. The summed E-state index contributed by atoms with van der Waals surface area (Å²) in [5.74, 6) is 0. The van der Waals surface area contributed by atoms with Crippen LogP contribution in [0.4, 0.5) is 0 Å². The maximum Gasteiger partial charge on any atom is 0.0724 e. The van der Waals surface area contributed by atoms with E-state index in [2.05, 4.69) is 12.2 Å². The van der Waals surface area contributed by atoms with Gasteiger partial charge in [0.05, 0.1) is 6.10 Å². The smallest absolute Gasteiger partial charge is 0.0724 e. The van der Waals surface area contributed by atoms with Crippen molar-refractivity contribution in [2.24, 2.45) is 0 Å². The number of nitrogens with one attached hydrogen (secondary N) is 1. The highest BCUT2D eigenvalue weighted by Crippen LogP contribution is 2.19. The first-order chi connectivity index (χ1) is 6.38. The molecule has 1 N–H and O–H groups in total. The molecule has 2 heteroatoms. The van der Waals surface area contributed by atoms with Gasteiger partial charge in [0, 0.05) is 13.2 Å². The number of rotatable bonds is 3. The van der Waals surface area contributed by atoms with Gasteiger partial charge in [0.1, 0.15) is 0 Å². The van der Waals surface area contributed by atoms with E-state index in [-0.39, 0.29) is 0 Å². The van der Waals surface area contributed by atoms with E-state index in [1.165, 1.54) is 38.5 Å². The van der Waals surface area contributed by atoms with E-state index in [1.54, 1.807) is 0 Å². The van der Waals surface area contributed by atoms with Crippen molar-refractivity contribution in [1.29, 1.82) is 0 Å². The molecule has 0 aromatic rings. The summed E-state index contributed by atoms with van der Waals surface area (Å²) >= 11 is 0. The monoisotopic (exact) mass is 185 g/mol. The highest BCUT2D eigenvalue weighted by Gasteiger charge is 2.20. The van der Waals surface area contributed by atoms with Crippen molar-refractivity contribution in [3.8, 4) is 0 Å². The van der Waals surface area contributed by atoms with Crippen LogP contribution in [-0.4, -0.2) is 25.8 Å². The molecule has 0 amide bonds. The van der Waals surface area contributed by atoms with Crippen LogP contribution in [0.3, 0.4) is 0 Å². The summed E-state index contributed by atoms with van der Waals surface area (Å²) in [5.41, 5.74) is 0. The van der Waals surface area contributed by atoms with E-state index < -0.39 is 0 Å². The summed E-state index contributed by atoms with van der Waals surface area (Å²) in [6, 6.07) is 0.593. The minimum Gasteiger partial charge on any atom is -0.380 e. The second-order valence-electron chi connectivity index (χ2n) is 3.93. The molecule has 2 atom stereocenters. The van der Waals surface area contributed by atoms with E-state index in [9.17, 15) is 0 Å². The normalized spacial score (nSPS) is 30.9. The molecule has 0 saturated heterocycles. The van der Waals surface area contributed by atoms with Crippen LogP contribution in [0.2, 0.25) is 0 Å². The van der Waals surface area contributed by atoms with Gasteiger partial charge < -0.3 is 10.1 Å². The molecule has 78 valence electrons. The minimum absolute atomic E-state index is 0.445. The zero-order valence-electron chi connectivity index (χ0n) is 9.01. The van der Waals surface area contributed by atoms with Crippen LogP contribution in [0.25, 0.3) is 0 Å². The largest absolute Gasteiger partial charge is 0.380 e. The molecule has 1 saturated carbocycles. The van der Waals surface area contributed by atoms with Gasteiger partial charge >= 0.3 is 0 Å². The van der Waals surface area contributed by atoms with Crippen LogP contribution in [-0.2, 0) is 4.74 Å². The van der Waals surface area contributed by atoms with Crippen molar-refractivity contribution in [3.63, 3.8) is 0 Å². The van der Waals surface area contributed by atoms with Gasteiger partial charge in [0.2, 0.25) is 0 Å². The predicted octanol–water partition coefficient (Wildman–Crippen LogP) is 2.33. The molecule has 0 aromatic heterocycles. The maximum absolute atomic E-state index is 5.53. The number of likely N-dealkylation sites (N-methyl/N-ethyl adjacent to an activating group) is 1. The van der Waals surface area contributed by atoms with Crippen LogP contribution in [0.1, 0.15) is 45.4 Å². The van der Waals surface area contributed by atoms with Crippen molar-refractivity contribution >= 4 is 0 Å². The summed E-state index contributed by atoms with van der Waals surface area (Å²) in [6.45, 7) is 3.23. The second-order valence-corrected chi connectivity index (χ2v) is 3.93. The van der Waals surface area contributed by atoms with Gasteiger partial charge in [0.15, 0.2) is 0 Å². The van der Waals surface area contributed by atoms with Gasteiger partial charge in [-0.25, -0.2) is 0 Å². The Hall–Kier alpha value is -0.0800. The van der Waals surface area contributed by atoms with E-state index in [0.717, 1.165) is 6.54 Å². The summed E-state index contributed by atoms with van der Waals surface area (Å²) < 4.78 is 5.53. The third-order valence-electron chi connectivity index (χ3n) is 2.97. The molecule has 2 nitrogen and oxygen atoms in total. The zero-order valence-corrected chi connectivity index (χ0v) is 9.01. The minimum atomic E-state index is 0.445. The second kappa shape index (κ2) is 6.39. The Morgan fingerprint density at radius 1 is 1.15 bits per heavy atom. The van der Waals surface area contributed by atoms with Crippen LogP contribution in [0.15, 0.2) is 0 Å². The van der Waals surface area contributed by atoms with Crippen molar-refractivity contribution in [3.05, 3.63) is 0 Å². The van der Waals surface area contributed by atoms with Gasteiger partial charge in [0.25, 0.3) is 0 Å². The van der Waals surface area contributed by atoms with E-state index in [0.29, 0.717) is 12.1 Å². The van der Waals surface area contributed by atoms with E-state index in [1.807, 2.05) is 7.11 Å². The van der Waals surface area contributed by atoms with Crippen molar-refractivity contribution in [2.45, 2.75) is 57.6 Å². The summed E-state index contributed by atoms with van der Waals surface area (Å²) in [4.78, 5) is 0. The Balaban J connectivity index is 2.40. The quantitative estimate of drug-likeness (QED) is 0.728. The van der Waals surface area contributed by atoms with E-state index in [4.69, 9.17) is 4.74 Å². The molecule has 0 spiro atoms. The average molecular weight is 185 g/mol. The van der Waals surface area contributed by atoms with Gasteiger partial charge in [-0.2, -0.15) is 0 Å². The Bertz CT molecular complexity index is 127. The third kappa shape index (κ3) is 3.65. The first-order valence-corrected chi connectivity index (χ1v) is 5.64. The third-order valence-corrected chi connectivity index (χ3v) is 2.97. The Kier molecular flexibility index (Phi) is 5.40. The lowest BCUT2D eigenvalue weighted by molar-refractivity contribution is 0.0524. The van der Waals surface area contributed by atoms with E-state index >= 15 is 0 Å².